The molecule has 6 heteroatoms. The van der Waals surface area contributed by atoms with Gasteiger partial charge < -0.3 is 14.2 Å². The first-order valence-corrected chi connectivity index (χ1v) is 11.9. The molecule has 0 bridgehead atoms. The maximum Gasteiger partial charge on any atom is 0.161 e. The Morgan fingerprint density at radius 2 is 1.57 bits per heavy atom. The van der Waals surface area contributed by atoms with E-state index in [1.165, 1.54) is 24.0 Å². The van der Waals surface area contributed by atoms with Gasteiger partial charge in [-0.15, -0.1) is 0 Å². The number of hydrogen-bond acceptors (Lipinski definition) is 5. The van der Waals surface area contributed by atoms with Crippen LogP contribution in [-0.2, 0) is 12.8 Å². The number of hydrogen-bond donors (Lipinski definition) is 0. The van der Waals surface area contributed by atoms with Gasteiger partial charge in [-0.05, 0) is 85.3 Å². The monoisotopic (exact) mass is 465 g/mol. The van der Waals surface area contributed by atoms with E-state index in [-0.39, 0.29) is 0 Å². The summed E-state index contributed by atoms with van der Waals surface area (Å²) >= 11 is 0. The minimum Gasteiger partial charge on any atom is -0.497 e. The lowest BCUT2D eigenvalue weighted by molar-refractivity contribution is 0.355. The van der Waals surface area contributed by atoms with E-state index in [0.717, 1.165) is 57.3 Å². The third kappa shape index (κ3) is 3.57. The molecule has 35 heavy (non-hydrogen) atoms. The summed E-state index contributed by atoms with van der Waals surface area (Å²) in [4.78, 5) is 4.76. The molecule has 0 unspecified atom stereocenters. The van der Waals surface area contributed by atoms with Gasteiger partial charge in [-0.25, -0.2) is 4.68 Å². The second-order valence-electron chi connectivity index (χ2n) is 8.89. The Morgan fingerprint density at radius 1 is 0.743 bits per heavy atom. The van der Waals surface area contributed by atoms with Crippen LogP contribution in [0.5, 0.6) is 17.2 Å². The predicted octanol–water partition coefficient (Wildman–Crippen LogP) is 6.15. The molecular weight excluding hydrogens is 438 g/mol. The van der Waals surface area contributed by atoms with Crippen molar-refractivity contribution >= 4 is 21.8 Å². The van der Waals surface area contributed by atoms with Crippen LogP contribution in [0.4, 0.5) is 0 Å². The fraction of sp³-hybridized carbons (Fsp3) is 0.241. The minimum atomic E-state index is 0.664. The summed E-state index contributed by atoms with van der Waals surface area (Å²) in [6.07, 6.45) is 6.67. The lowest BCUT2D eigenvalue weighted by atomic mass is 9.91. The van der Waals surface area contributed by atoms with Gasteiger partial charge in [-0.2, -0.15) is 5.10 Å². The minimum absolute atomic E-state index is 0.664. The van der Waals surface area contributed by atoms with Crippen molar-refractivity contribution in [3.05, 3.63) is 71.9 Å². The molecule has 0 radical (unpaired) electrons. The average Bonchev–Trinajstić information content (AvgIpc) is 3.32. The number of aromatic nitrogens is 3. The Bertz CT molecular complexity index is 1570. The molecule has 1 aliphatic rings. The van der Waals surface area contributed by atoms with Crippen LogP contribution in [0.3, 0.4) is 0 Å². The highest BCUT2D eigenvalue weighted by Gasteiger charge is 2.20. The van der Waals surface area contributed by atoms with Crippen LogP contribution >= 0.6 is 0 Å². The number of nitrogens with zero attached hydrogens (tertiary/aromatic N) is 3. The van der Waals surface area contributed by atoms with Crippen molar-refractivity contribution in [3.63, 3.8) is 0 Å². The van der Waals surface area contributed by atoms with Gasteiger partial charge in [-0.1, -0.05) is 6.07 Å². The number of ether oxygens (including phenoxy) is 3. The van der Waals surface area contributed by atoms with E-state index in [9.17, 15) is 0 Å². The van der Waals surface area contributed by atoms with Crippen LogP contribution in [-0.4, -0.2) is 36.1 Å². The predicted molar refractivity (Wildman–Crippen MR) is 138 cm³/mol. The van der Waals surface area contributed by atoms with E-state index in [0.29, 0.717) is 11.5 Å². The van der Waals surface area contributed by atoms with Crippen molar-refractivity contribution in [2.24, 2.45) is 0 Å². The third-order valence-corrected chi connectivity index (χ3v) is 6.95. The summed E-state index contributed by atoms with van der Waals surface area (Å²) in [5.74, 6) is 2.14. The van der Waals surface area contributed by atoms with E-state index < -0.39 is 0 Å². The molecule has 0 saturated heterocycles. The molecule has 1 aliphatic carbocycles. The van der Waals surface area contributed by atoms with Crippen molar-refractivity contribution in [2.45, 2.75) is 25.7 Å². The summed E-state index contributed by atoms with van der Waals surface area (Å²) in [6, 6.07) is 18.6. The molecule has 2 heterocycles. The van der Waals surface area contributed by atoms with Crippen LogP contribution in [0.1, 0.15) is 24.0 Å². The maximum absolute atomic E-state index is 5.57. The van der Waals surface area contributed by atoms with Crippen molar-refractivity contribution in [1.82, 2.24) is 14.8 Å². The molecular formula is C29H27N3O3. The molecule has 5 aromatic rings. The molecule has 6 nitrogen and oxygen atoms in total. The van der Waals surface area contributed by atoms with Gasteiger partial charge in [0.05, 0.1) is 38.1 Å². The van der Waals surface area contributed by atoms with Gasteiger partial charge in [0.15, 0.2) is 11.5 Å². The normalized spacial score (nSPS) is 13.1. The van der Waals surface area contributed by atoms with Gasteiger partial charge >= 0.3 is 0 Å². The molecule has 0 fully saturated rings. The number of methoxy groups -OCH3 is 3. The van der Waals surface area contributed by atoms with E-state index in [1.54, 1.807) is 21.3 Å². The van der Waals surface area contributed by atoms with Gasteiger partial charge in [-0.3, -0.25) is 4.98 Å². The Morgan fingerprint density at radius 3 is 2.37 bits per heavy atom. The quantitative estimate of drug-likeness (QED) is 0.312. The third-order valence-electron chi connectivity index (χ3n) is 6.95. The fourth-order valence-corrected chi connectivity index (χ4v) is 5.13. The average molecular weight is 466 g/mol. The summed E-state index contributed by atoms with van der Waals surface area (Å²) in [7, 11) is 4.97. The number of rotatable bonds is 5. The number of benzene rings is 3. The number of pyridine rings is 1. The molecule has 176 valence electrons. The van der Waals surface area contributed by atoms with E-state index in [2.05, 4.69) is 22.9 Å². The lowest BCUT2D eigenvalue weighted by Crippen LogP contribution is -2.05. The molecule has 3 aromatic carbocycles. The largest absolute Gasteiger partial charge is 0.497 e. The molecule has 2 aromatic heterocycles. The first kappa shape index (κ1) is 21.5. The zero-order valence-corrected chi connectivity index (χ0v) is 20.2. The topological polar surface area (TPSA) is 58.4 Å². The Labute approximate surface area is 204 Å². The van der Waals surface area contributed by atoms with E-state index >= 15 is 0 Å². The molecule has 0 aliphatic heterocycles. The summed E-state index contributed by atoms with van der Waals surface area (Å²) < 4.78 is 18.6. The highest BCUT2D eigenvalue weighted by molar-refractivity contribution is 6.09. The van der Waals surface area contributed by atoms with E-state index in [1.807, 2.05) is 42.6 Å². The highest BCUT2D eigenvalue weighted by atomic mass is 16.5. The highest BCUT2D eigenvalue weighted by Crippen LogP contribution is 2.38. The van der Waals surface area contributed by atoms with Gasteiger partial charge in [0.2, 0.25) is 0 Å². The zero-order valence-electron chi connectivity index (χ0n) is 20.2. The van der Waals surface area contributed by atoms with E-state index in [4.69, 9.17) is 24.3 Å². The van der Waals surface area contributed by atoms with Gasteiger partial charge in [0.1, 0.15) is 11.4 Å². The Hall–Kier alpha value is -4.06. The summed E-state index contributed by atoms with van der Waals surface area (Å²) in [5.41, 5.74) is 7.61. The van der Waals surface area contributed by atoms with Crippen molar-refractivity contribution in [2.75, 3.05) is 21.3 Å². The maximum atomic E-state index is 5.57. The van der Waals surface area contributed by atoms with Crippen LogP contribution < -0.4 is 14.2 Å². The smallest absolute Gasteiger partial charge is 0.161 e. The Balaban J connectivity index is 1.65. The van der Waals surface area contributed by atoms with Gasteiger partial charge in [0, 0.05) is 22.5 Å². The van der Waals surface area contributed by atoms with Crippen LogP contribution in [0.2, 0.25) is 0 Å². The van der Waals surface area contributed by atoms with Crippen LogP contribution in [0.15, 0.2) is 60.8 Å². The van der Waals surface area contributed by atoms with Crippen LogP contribution in [0.25, 0.3) is 38.8 Å². The molecule has 0 amide bonds. The summed E-state index contributed by atoms with van der Waals surface area (Å²) in [5, 5.41) is 7.12. The first-order valence-electron chi connectivity index (χ1n) is 11.9. The lowest BCUT2D eigenvalue weighted by Gasteiger charge is -2.17. The first-order chi connectivity index (χ1) is 17.2. The SMILES string of the molecule is COc1ccc2ncc3c(-c4ccc(OC)c(OC)c4)nn(-c4ccc5c(c4)CCCC5)c3c2c1. The number of fused-ring (bicyclic) bond motifs is 4. The second kappa shape index (κ2) is 8.62. The van der Waals surface area contributed by atoms with Crippen molar-refractivity contribution in [1.29, 1.82) is 0 Å². The number of aryl methyl sites for hydroxylation is 2. The van der Waals surface area contributed by atoms with Crippen molar-refractivity contribution in [3.8, 4) is 34.2 Å². The fourth-order valence-electron chi connectivity index (χ4n) is 5.13. The standard InChI is InChI=1S/C29H27N3O3/c1-33-22-11-12-25-23(16-22)29-24(17-30-25)28(20-9-13-26(34-2)27(15-20)35-3)31-32(29)21-10-8-18-6-4-5-7-19(18)14-21/h8-17H,4-7H2,1-3H3. The molecule has 0 atom stereocenters. The molecule has 0 spiro atoms. The summed E-state index contributed by atoms with van der Waals surface area (Å²) in [6.45, 7) is 0. The van der Waals surface area contributed by atoms with Gasteiger partial charge in [0.25, 0.3) is 0 Å². The second-order valence-corrected chi connectivity index (χ2v) is 8.89. The zero-order chi connectivity index (χ0) is 23.9. The Kier molecular flexibility index (Phi) is 5.29. The van der Waals surface area contributed by atoms with Crippen molar-refractivity contribution < 1.29 is 14.2 Å². The molecule has 6 rings (SSSR count). The molecule has 0 saturated carbocycles. The van der Waals surface area contributed by atoms with Crippen LogP contribution in [0, 0.1) is 0 Å². The molecule has 0 N–H and O–H groups in total.